The number of aliphatic imine (C=N–C) groups is 1. The number of hydrogen-bond donors (Lipinski definition) is 0. The van der Waals surface area contributed by atoms with Crippen LogP contribution in [0.2, 0.25) is 0 Å². The van der Waals surface area contributed by atoms with E-state index in [2.05, 4.69) is 49.6 Å². The van der Waals surface area contributed by atoms with E-state index in [0.717, 1.165) is 42.0 Å². The maximum Gasteiger partial charge on any atom is 0.151 e. The molecular formula is C22H24N4. The minimum absolute atomic E-state index is 0.122. The van der Waals surface area contributed by atoms with Crippen LogP contribution in [0.3, 0.4) is 0 Å². The molecule has 1 aliphatic carbocycles. The van der Waals surface area contributed by atoms with Crippen LogP contribution in [0, 0.1) is 23.2 Å². The van der Waals surface area contributed by atoms with E-state index in [9.17, 15) is 5.26 Å². The standard InChI is InChI=1S/C22H24N4/c1-4-24-19-11-15(3)14(2)9-10-20-17(19)12-16(13-23)22-25-18-7-5-6-8-21(18)26(20)22/h5-8,11-12,14,17,20H,4,9-10H2,1-3H3/b15-11-,24-19?. The first-order chi connectivity index (χ1) is 12.6. The fraction of sp³-hybridized carbons (Fsp3) is 0.409. The van der Waals surface area contributed by atoms with Crippen LogP contribution in [0.1, 0.15) is 45.5 Å². The Morgan fingerprint density at radius 3 is 2.88 bits per heavy atom. The number of benzene rings is 1. The highest BCUT2D eigenvalue weighted by Crippen LogP contribution is 2.41. The van der Waals surface area contributed by atoms with Gasteiger partial charge in [0, 0.05) is 24.2 Å². The van der Waals surface area contributed by atoms with Crippen molar-refractivity contribution in [2.45, 2.75) is 39.7 Å². The molecule has 0 radical (unpaired) electrons. The van der Waals surface area contributed by atoms with Crippen LogP contribution in [0.4, 0.5) is 0 Å². The number of rotatable bonds is 1. The van der Waals surface area contributed by atoms with Gasteiger partial charge in [-0.15, -0.1) is 0 Å². The molecule has 4 nitrogen and oxygen atoms in total. The first-order valence-electron chi connectivity index (χ1n) is 9.45. The van der Waals surface area contributed by atoms with Crippen molar-refractivity contribution in [3.05, 3.63) is 47.8 Å². The minimum Gasteiger partial charge on any atom is -0.319 e. The van der Waals surface area contributed by atoms with Gasteiger partial charge >= 0.3 is 0 Å². The molecule has 2 aliphatic rings. The van der Waals surface area contributed by atoms with E-state index >= 15 is 0 Å². The second kappa shape index (κ2) is 6.57. The summed E-state index contributed by atoms with van der Waals surface area (Å²) in [5, 5.41) is 9.76. The van der Waals surface area contributed by atoms with Gasteiger partial charge in [-0.3, -0.25) is 4.99 Å². The van der Waals surface area contributed by atoms with Crippen LogP contribution in [0.5, 0.6) is 0 Å². The summed E-state index contributed by atoms with van der Waals surface area (Å²) in [6, 6.07) is 10.8. The summed E-state index contributed by atoms with van der Waals surface area (Å²) in [7, 11) is 0. The van der Waals surface area contributed by atoms with E-state index in [1.807, 2.05) is 18.2 Å². The molecule has 0 spiro atoms. The highest BCUT2D eigenvalue weighted by atomic mass is 15.1. The Morgan fingerprint density at radius 2 is 2.12 bits per heavy atom. The number of nitriles is 1. The van der Waals surface area contributed by atoms with E-state index in [1.54, 1.807) is 0 Å². The van der Waals surface area contributed by atoms with Gasteiger partial charge in [0.1, 0.15) is 6.07 Å². The molecule has 0 N–H and O–H groups in total. The number of allylic oxidation sites excluding steroid dienone is 4. The maximum absolute atomic E-state index is 9.76. The second-order valence-corrected chi connectivity index (χ2v) is 7.35. The van der Waals surface area contributed by atoms with Crippen molar-refractivity contribution in [1.29, 1.82) is 5.26 Å². The molecule has 4 heteroatoms. The molecule has 3 unspecified atom stereocenters. The summed E-state index contributed by atoms with van der Waals surface area (Å²) >= 11 is 0. The van der Waals surface area contributed by atoms with Gasteiger partial charge in [0.25, 0.3) is 0 Å². The third kappa shape index (κ3) is 2.59. The van der Waals surface area contributed by atoms with E-state index in [-0.39, 0.29) is 12.0 Å². The fourth-order valence-corrected chi connectivity index (χ4v) is 4.23. The van der Waals surface area contributed by atoms with Crippen LogP contribution in [0.15, 0.2) is 47.0 Å². The maximum atomic E-state index is 9.76. The quantitative estimate of drug-likeness (QED) is 0.735. The number of fused-ring (bicyclic) bond motifs is 5. The van der Waals surface area contributed by atoms with Gasteiger partial charge in [0.05, 0.1) is 16.6 Å². The van der Waals surface area contributed by atoms with Crippen LogP contribution in [-0.4, -0.2) is 21.8 Å². The number of para-hydroxylation sites is 2. The van der Waals surface area contributed by atoms with Gasteiger partial charge in [-0.2, -0.15) is 5.26 Å². The predicted octanol–water partition coefficient (Wildman–Crippen LogP) is 4.95. The van der Waals surface area contributed by atoms with Crippen molar-refractivity contribution in [2.24, 2.45) is 16.8 Å². The summed E-state index contributed by atoms with van der Waals surface area (Å²) in [6.45, 7) is 7.32. The molecule has 3 atom stereocenters. The monoisotopic (exact) mass is 344 g/mol. The first kappa shape index (κ1) is 16.8. The lowest BCUT2D eigenvalue weighted by atomic mass is 9.80. The predicted molar refractivity (Wildman–Crippen MR) is 106 cm³/mol. The molecule has 2 aromatic rings. The van der Waals surface area contributed by atoms with Crippen molar-refractivity contribution >= 4 is 22.3 Å². The highest BCUT2D eigenvalue weighted by molar-refractivity contribution is 6.01. The van der Waals surface area contributed by atoms with Crippen molar-refractivity contribution in [3.63, 3.8) is 0 Å². The molecule has 0 bridgehead atoms. The van der Waals surface area contributed by atoms with Gasteiger partial charge < -0.3 is 4.57 Å². The minimum atomic E-state index is 0.122. The zero-order valence-corrected chi connectivity index (χ0v) is 15.6. The van der Waals surface area contributed by atoms with Gasteiger partial charge in [-0.05, 0) is 50.8 Å². The summed E-state index contributed by atoms with van der Waals surface area (Å²) < 4.78 is 2.30. The van der Waals surface area contributed by atoms with Crippen LogP contribution in [-0.2, 0) is 0 Å². The topological polar surface area (TPSA) is 54.0 Å². The normalized spacial score (nSPS) is 29.0. The molecule has 0 saturated heterocycles. The Labute approximate surface area is 154 Å². The molecule has 0 amide bonds. The largest absolute Gasteiger partial charge is 0.319 e. The Kier molecular flexibility index (Phi) is 4.24. The molecule has 132 valence electrons. The molecule has 0 fully saturated rings. The summed E-state index contributed by atoms with van der Waals surface area (Å²) in [6.07, 6.45) is 6.54. The average molecular weight is 344 g/mol. The van der Waals surface area contributed by atoms with E-state index in [0.29, 0.717) is 11.5 Å². The Morgan fingerprint density at radius 1 is 1.31 bits per heavy atom. The molecule has 4 rings (SSSR count). The average Bonchev–Trinajstić information content (AvgIpc) is 3.03. The Bertz CT molecular complexity index is 983. The third-order valence-electron chi connectivity index (χ3n) is 5.78. The van der Waals surface area contributed by atoms with Crippen LogP contribution in [0.25, 0.3) is 16.6 Å². The molecule has 26 heavy (non-hydrogen) atoms. The second-order valence-electron chi connectivity index (χ2n) is 7.35. The van der Waals surface area contributed by atoms with E-state index in [1.165, 1.54) is 5.57 Å². The number of nitrogens with zero attached hydrogens (tertiary/aromatic N) is 4. The smallest absolute Gasteiger partial charge is 0.151 e. The van der Waals surface area contributed by atoms with Crippen molar-refractivity contribution in [2.75, 3.05) is 6.54 Å². The molecular weight excluding hydrogens is 320 g/mol. The van der Waals surface area contributed by atoms with E-state index < -0.39 is 0 Å². The first-order valence-corrected chi connectivity index (χ1v) is 9.45. The summed E-state index contributed by atoms with van der Waals surface area (Å²) in [4.78, 5) is 9.59. The number of imidazole rings is 1. The molecule has 1 aromatic heterocycles. The van der Waals surface area contributed by atoms with Crippen molar-refractivity contribution < 1.29 is 0 Å². The molecule has 1 aromatic carbocycles. The number of hydrogen-bond acceptors (Lipinski definition) is 3. The summed E-state index contributed by atoms with van der Waals surface area (Å²) in [5.74, 6) is 1.47. The van der Waals surface area contributed by atoms with Gasteiger partial charge in [-0.25, -0.2) is 4.98 Å². The Balaban J connectivity index is 1.97. The van der Waals surface area contributed by atoms with Crippen LogP contribution < -0.4 is 0 Å². The number of aromatic nitrogens is 2. The van der Waals surface area contributed by atoms with Gasteiger partial charge in [0.2, 0.25) is 0 Å². The lowest BCUT2D eigenvalue weighted by Gasteiger charge is -2.34. The van der Waals surface area contributed by atoms with Crippen molar-refractivity contribution in [3.8, 4) is 6.07 Å². The Hall–Kier alpha value is -2.67. The van der Waals surface area contributed by atoms with E-state index in [4.69, 9.17) is 9.98 Å². The van der Waals surface area contributed by atoms with Crippen LogP contribution >= 0.6 is 0 Å². The van der Waals surface area contributed by atoms with Gasteiger partial charge in [-0.1, -0.05) is 30.7 Å². The summed E-state index contributed by atoms with van der Waals surface area (Å²) in [5.41, 5.74) is 5.20. The molecule has 0 saturated carbocycles. The zero-order chi connectivity index (χ0) is 18.3. The van der Waals surface area contributed by atoms with Gasteiger partial charge in [0.15, 0.2) is 5.82 Å². The van der Waals surface area contributed by atoms with Crippen molar-refractivity contribution in [1.82, 2.24) is 9.55 Å². The lowest BCUT2D eigenvalue weighted by molar-refractivity contribution is 0.383. The lowest BCUT2D eigenvalue weighted by Crippen LogP contribution is -2.31. The molecule has 1 aliphatic heterocycles. The SMILES string of the molecule is CCN=C1/C=C(/C)C(C)CCC2C1C=C(C#N)c1nc3ccccc3n12. The zero-order valence-electron chi connectivity index (χ0n) is 15.6. The third-order valence-corrected chi connectivity index (χ3v) is 5.78. The fourth-order valence-electron chi connectivity index (χ4n) is 4.23. The molecule has 2 heterocycles. The highest BCUT2D eigenvalue weighted by Gasteiger charge is 2.35.